The second kappa shape index (κ2) is 10.3. The molecule has 2 N–H and O–H groups in total. The number of halogens is 1. The minimum atomic E-state index is -1.22. The first-order valence-electron chi connectivity index (χ1n) is 13.5. The molecule has 0 spiro atoms. The third-order valence-corrected chi connectivity index (χ3v) is 8.06. The molecule has 2 bridgehead atoms. The lowest BCUT2D eigenvalue weighted by Gasteiger charge is -2.39. The number of aliphatic hydroxyl groups is 1. The van der Waals surface area contributed by atoms with Gasteiger partial charge in [-0.05, 0) is 80.3 Å². The van der Waals surface area contributed by atoms with Gasteiger partial charge in [0.1, 0.15) is 11.9 Å². The summed E-state index contributed by atoms with van der Waals surface area (Å²) in [5, 5.41) is 23.4. The first-order valence-corrected chi connectivity index (χ1v) is 13.5. The van der Waals surface area contributed by atoms with Crippen LogP contribution in [-0.4, -0.2) is 59.0 Å². The summed E-state index contributed by atoms with van der Waals surface area (Å²) >= 11 is 0. The zero-order valence-electron chi connectivity index (χ0n) is 22.8. The van der Waals surface area contributed by atoms with Gasteiger partial charge in [0, 0.05) is 25.2 Å². The molecule has 8 nitrogen and oxygen atoms in total. The number of benzene rings is 2. The Balaban J connectivity index is 1.28. The highest BCUT2D eigenvalue weighted by atomic mass is 19.1. The van der Waals surface area contributed by atoms with E-state index >= 15 is 4.39 Å². The second-order valence-electron chi connectivity index (χ2n) is 11.8. The number of rotatable bonds is 7. The van der Waals surface area contributed by atoms with Crippen molar-refractivity contribution in [2.45, 2.75) is 83.0 Å². The van der Waals surface area contributed by atoms with Gasteiger partial charge >= 0.3 is 0 Å². The SMILES string of the molecule is CN1C(=O)Cc2ccc(-c3ccc(C[C@@H](C#N)NC(=O)[C@@H]4[C@H]5CC[C@H](C5)N4C(O)OC(C)(C)C)c(F)c3)cc21. The maximum Gasteiger partial charge on any atom is 0.238 e. The van der Waals surface area contributed by atoms with Crippen LogP contribution in [0.3, 0.4) is 0 Å². The topological polar surface area (TPSA) is 106 Å². The van der Waals surface area contributed by atoms with Crippen LogP contribution in [0.4, 0.5) is 10.1 Å². The number of likely N-dealkylation sites (tertiary alicyclic amines) is 1. The summed E-state index contributed by atoms with van der Waals surface area (Å²) in [6.07, 6.45) is 1.71. The van der Waals surface area contributed by atoms with Crippen molar-refractivity contribution in [3.8, 4) is 17.2 Å². The van der Waals surface area contributed by atoms with Gasteiger partial charge in [-0.25, -0.2) is 9.29 Å². The average Bonchev–Trinajstić information content (AvgIpc) is 3.57. The number of nitrogens with one attached hydrogen (secondary N) is 1. The fraction of sp³-hybridized carbons (Fsp3) is 0.500. The Morgan fingerprint density at radius 2 is 1.95 bits per heavy atom. The Morgan fingerprint density at radius 3 is 2.64 bits per heavy atom. The molecule has 0 aromatic heterocycles. The molecule has 2 aromatic rings. The maximum absolute atomic E-state index is 15.2. The van der Waals surface area contributed by atoms with Crippen LogP contribution in [0.2, 0.25) is 0 Å². The number of carbonyl (C=O) groups excluding carboxylic acids is 2. The number of carbonyl (C=O) groups is 2. The molecule has 206 valence electrons. The van der Waals surface area contributed by atoms with Crippen molar-refractivity contribution in [3.05, 3.63) is 53.3 Å². The number of likely N-dealkylation sites (N-methyl/N-ethyl adjacent to an activating group) is 1. The molecule has 2 aliphatic heterocycles. The van der Waals surface area contributed by atoms with Crippen LogP contribution in [0, 0.1) is 23.1 Å². The van der Waals surface area contributed by atoms with E-state index in [-0.39, 0.29) is 30.2 Å². The van der Waals surface area contributed by atoms with Gasteiger partial charge in [-0.3, -0.25) is 9.59 Å². The van der Waals surface area contributed by atoms with Gasteiger partial charge in [-0.15, -0.1) is 0 Å². The number of amides is 2. The molecule has 1 unspecified atom stereocenters. The fourth-order valence-corrected chi connectivity index (χ4v) is 6.18. The van der Waals surface area contributed by atoms with Crippen molar-refractivity contribution in [2.24, 2.45) is 5.92 Å². The van der Waals surface area contributed by atoms with E-state index in [1.807, 2.05) is 39.0 Å². The van der Waals surface area contributed by atoms with Crippen LogP contribution < -0.4 is 10.2 Å². The number of nitriles is 1. The number of hydrogen-bond donors (Lipinski definition) is 2. The van der Waals surface area contributed by atoms with Crippen LogP contribution in [0.5, 0.6) is 0 Å². The lowest BCUT2D eigenvalue weighted by molar-refractivity contribution is -0.254. The molecule has 1 saturated heterocycles. The predicted molar refractivity (Wildman–Crippen MR) is 144 cm³/mol. The van der Waals surface area contributed by atoms with Gasteiger partial charge in [0.15, 0.2) is 0 Å². The maximum atomic E-state index is 15.2. The predicted octanol–water partition coefficient (Wildman–Crippen LogP) is 3.51. The standard InChI is InChI=1S/C30H35FN4O4/c1-30(2,3)39-29(38)35-23-10-9-21(12-23)27(35)28(37)33-22(16-32)11-19-7-5-17(13-24(19)31)18-6-8-20-15-26(36)34(4)25(20)14-18/h5-8,13-14,21-23,27,29,38H,9-12,15H2,1-4H3,(H,33,37)/t21-,22-,23+,27-,29?/m0/s1. The molecule has 1 aliphatic carbocycles. The molecular formula is C30H35FN4O4. The quantitative estimate of drug-likeness (QED) is 0.527. The minimum Gasteiger partial charge on any atom is -0.356 e. The van der Waals surface area contributed by atoms with E-state index in [1.165, 1.54) is 6.07 Å². The van der Waals surface area contributed by atoms with Gasteiger partial charge in [0.2, 0.25) is 18.2 Å². The third-order valence-electron chi connectivity index (χ3n) is 8.06. The minimum absolute atomic E-state index is 0.0115. The molecule has 1 saturated carbocycles. The number of hydrogen-bond acceptors (Lipinski definition) is 6. The number of ether oxygens (including phenoxy) is 1. The van der Waals surface area contributed by atoms with E-state index in [4.69, 9.17) is 4.74 Å². The lowest BCUT2D eigenvalue weighted by atomic mass is 9.96. The molecule has 5 rings (SSSR count). The van der Waals surface area contributed by atoms with Crippen LogP contribution in [-0.2, 0) is 27.2 Å². The lowest BCUT2D eigenvalue weighted by Crippen LogP contribution is -2.57. The summed E-state index contributed by atoms with van der Waals surface area (Å²) in [5.74, 6) is -0.718. The Bertz CT molecular complexity index is 1330. The highest BCUT2D eigenvalue weighted by Crippen LogP contribution is 2.44. The Labute approximate surface area is 228 Å². The third kappa shape index (κ3) is 5.42. The van der Waals surface area contributed by atoms with Gasteiger partial charge in [-0.2, -0.15) is 5.26 Å². The molecular weight excluding hydrogens is 499 g/mol. The van der Waals surface area contributed by atoms with Crippen LogP contribution in [0.25, 0.3) is 11.1 Å². The molecule has 2 aromatic carbocycles. The summed E-state index contributed by atoms with van der Waals surface area (Å²) < 4.78 is 20.9. The van der Waals surface area contributed by atoms with Gasteiger partial charge in [0.05, 0.1) is 24.1 Å². The summed E-state index contributed by atoms with van der Waals surface area (Å²) in [7, 11) is 1.73. The Morgan fingerprint density at radius 1 is 1.23 bits per heavy atom. The van der Waals surface area contributed by atoms with E-state index in [1.54, 1.807) is 29.0 Å². The van der Waals surface area contributed by atoms with E-state index in [0.29, 0.717) is 17.5 Å². The number of fused-ring (bicyclic) bond motifs is 3. The second-order valence-corrected chi connectivity index (χ2v) is 11.8. The highest BCUT2D eigenvalue weighted by Gasteiger charge is 2.52. The van der Waals surface area contributed by atoms with E-state index in [0.717, 1.165) is 36.1 Å². The van der Waals surface area contributed by atoms with Crippen LogP contribution in [0.1, 0.15) is 51.2 Å². The summed E-state index contributed by atoms with van der Waals surface area (Å²) in [6, 6.07) is 11.1. The number of anilines is 1. The molecule has 2 heterocycles. The van der Waals surface area contributed by atoms with Crippen LogP contribution >= 0.6 is 0 Å². The average molecular weight is 535 g/mol. The van der Waals surface area contributed by atoms with Gasteiger partial charge in [0.25, 0.3) is 0 Å². The molecule has 9 heteroatoms. The molecule has 2 amide bonds. The van der Waals surface area contributed by atoms with Gasteiger partial charge < -0.3 is 20.1 Å². The van der Waals surface area contributed by atoms with E-state index in [2.05, 4.69) is 11.4 Å². The highest BCUT2D eigenvalue weighted by molar-refractivity contribution is 6.01. The first kappa shape index (κ1) is 27.3. The van der Waals surface area contributed by atoms with Crippen molar-refractivity contribution in [2.75, 3.05) is 11.9 Å². The Kier molecular flexibility index (Phi) is 7.23. The summed E-state index contributed by atoms with van der Waals surface area (Å²) in [5.41, 5.74) is 2.95. The van der Waals surface area contributed by atoms with Crippen molar-refractivity contribution in [1.82, 2.24) is 10.2 Å². The van der Waals surface area contributed by atoms with Crippen molar-refractivity contribution < 1.29 is 23.8 Å². The van der Waals surface area contributed by atoms with E-state index < -0.39 is 29.9 Å². The number of nitrogens with zero attached hydrogens (tertiary/aromatic N) is 3. The normalized spacial score (nSPS) is 24.0. The summed E-state index contributed by atoms with van der Waals surface area (Å²) in [4.78, 5) is 28.7. The van der Waals surface area contributed by atoms with Gasteiger partial charge in [-0.1, -0.05) is 24.3 Å². The molecule has 5 atom stereocenters. The first-order chi connectivity index (χ1) is 18.4. The molecule has 3 aliphatic rings. The van der Waals surface area contributed by atoms with E-state index in [9.17, 15) is 20.0 Å². The van der Waals surface area contributed by atoms with Crippen LogP contribution in [0.15, 0.2) is 36.4 Å². The number of aliphatic hydroxyl groups excluding tert-OH is 1. The van der Waals surface area contributed by atoms with Crippen molar-refractivity contribution >= 4 is 17.5 Å². The smallest absolute Gasteiger partial charge is 0.238 e. The zero-order chi connectivity index (χ0) is 28.1. The largest absolute Gasteiger partial charge is 0.356 e. The fourth-order valence-electron chi connectivity index (χ4n) is 6.18. The van der Waals surface area contributed by atoms with Crippen molar-refractivity contribution in [1.29, 1.82) is 5.26 Å². The monoisotopic (exact) mass is 534 g/mol. The molecule has 0 radical (unpaired) electrons. The Hall–Kier alpha value is -3.32. The summed E-state index contributed by atoms with van der Waals surface area (Å²) in [6.45, 7) is 5.53. The number of piperidine rings is 1. The zero-order valence-corrected chi connectivity index (χ0v) is 22.8. The molecule has 39 heavy (non-hydrogen) atoms. The van der Waals surface area contributed by atoms with Crippen molar-refractivity contribution in [3.63, 3.8) is 0 Å². The molecule has 2 fully saturated rings.